The topological polar surface area (TPSA) is 107 Å². The zero-order valence-electron chi connectivity index (χ0n) is 20.1. The predicted molar refractivity (Wildman–Crippen MR) is 122 cm³/mol. The van der Waals surface area contributed by atoms with Crippen LogP contribution in [0.2, 0.25) is 0 Å². The van der Waals surface area contributed by atoms with E-state index in [1.807, 2.05) is 0 Å². The van der Waals surface area contributed by atoms with Gasteiger partial charge >= 0.3 is 5.97 Å². The number of aliphatic hydroxyl groups is 2. The van der Waals surface area contributed by atoms with Gasteiger partial charge in [0, 0.05) is 6.42 Å². The first kappa shape index (κ1) is 24.0. The van der Waals surface area contributed by atoms with Crippen molar-refractivity contribution < 1.29 is 24.9 Å². The second-order valence-corrected chi connectivity index (χ2v) is 12.1. The summed E-state index contributed by atoms with van der Waals surface area (Å²) in [6, 6.07) is 0. The SMILES string of the molecule is C[C@H](CCC(=O)NCC(=O)O)[C@@H]1CC[C@@H]2[C@H]3CC[C@@H]4C[C@H](O)CC[C@]4(C)[C@@H]3C[C@@H](O)[C@@]21C. The zero-order valence-corrected chi connectivity index (χ0v) is 20.1. The van der Waals surface area contributed by atoms with E-state index in [4.69, 9.17) is 5.11 Å². The Morgan fingerprint density at radius 2 is 1.78 bits per heavy atom. The summed E-state index contributed by atoms with van der Waals surface area (Å²) in [5.74, 6) is 1.84. The van der Waals surface area contributed by atoms with Gasteiger partial charge in [-0.05, 0) is 104 Å². The molecule has 0 bridgehead atoms. The number of nitrogens with one attached hydrogen (secondary N) is 1. The highest BCUT2D eigenvalue weighted by atomic mass is 16.4. The van der Waals surface area contributed by atoms with Crippen molar-refractivity contribution in [2.24, 2.45) is 46.3 Å². The van der Waals surface area contributed by atoms with E-state index in [0.717, 1.165) is 44.9 Å². The number of hydrogen-bond donors (Lipinski definition) is 4. The van der Waals surface area contributed by atoms with Gasteiger partial charge in [0.1, 0.15) is 6.54 Å². The molecule has 10 atom stereocenters. The molecule has 0 aromatic carbocycles. The fraction of sp³-hybridized carbons (Fsp3) is 0.923. The van der Waals surface area contributed by atoms with Gasteiger partial charge in [0.2, 0.25) is 5.91 Å². The largest absolute Gasteiger partial charge is 0.480 e. The van der Waals surface area contributed by atoms with Crippen LogP contribution in [0.25, 0.3) is 0 Å². The molecule has 1 amide bonds. The van der Waals surface area contributed by atoms with Gasteiger partial charge < -0.3 is 20.6 Å². The first-order valence-corrected chi connectivity index (χ1v) is 12.9. The number of aliphatic hydroxyl groups excluding tert-OH is 2. The number of rotatable bonds is 6. The minimum atomic E-state index is -1.02. The van der Waals surface area contributed by atoms with Crippen LogP contribution in [0.4, 0.5) is 0 Å². The lowest BCUT2D eigenvalue weighted by atomic mass is 9.43. The van der Waals surface area contributed by atoms with Crippen LogP contribution in [0.1, 0.15) is 85.0 Å². The quantitative estimate of drug-likeness (QED) is 0.496. The Bertz CT molecular complexity index is 727. The highest BCUT2D eigenvalue weighted by Crippen LogP contribution is 2.68. The van der Waals surface area contributed by atoms with Crippen LogP contribution in [0.3, 0.4) is 0 Å². The van der Waals surface area contributed by atoms with E-state index in [0.29, 0.717) is 41.9 Å². The van der Waals surface area contributed by atoms with Crippen LogP contribution in [-0.2, 0) is 9.59 Å². The minimum absolute atomic E-state index is 0.102. The monoisotopic (exact) mass is 449 g/mol. The number of hydrogen-bond acceptors (Lipinski definition) is 4. The molecule has 32 heavy (non-hydrogen) atoms. The van der Waals surface area contributed by atoms with E-state index < -0.39 is 5.97 Å². The highest BCUT2D eigenvalue weighted by Gasteiger charge is 2.63. The summed E-state index contributed by atoms with van der Waals surface area (Å²) in [5.41, 5.74) is 0.145. The molecule has 4 aliphatic rings. The summed E-state index contributed by atoms with van der Waals surface area (Å²) < 4.78 is 0. The van der Waals surface area contributed by atoms with Gasteiger partial charge in [0.05, 0.1) is 12.2 Å². The molecule has 4 N–H and O–H groups in total. The summed E-state index contributed by atoms with van der Waals surface area (Å²) >= 11 is 0. The van der Waals surface area contributed by atoms with Gasteiger partial charge in [-0.25, -0.2) is 0 Å². The molecule has 0 radical (unpaired) electrons. The van der Waals surface area contributed by atoms with Crippen LogP contribution >= 0.6 is 0 Å². The molecule has 4 fully saturated rings. The van der Waals surface area contributed by atoms with Gasteiger partial charge in [0.25, 0.3) is 0 Å². The summed E-state index contributed by atoms with van der Waals surface area (Å²) in [6.07, 6.45) is 9.12. The molecule has 4 aliphatic carbocycles. The number of amides is 1. The van der Waals surface area contributed by atoms with Crippen LogP contribution in [0, 0.1) is 46.3 Å². The van der Waals surface area contributed by atoms with Gasteiger partial charge in [-0.3, -0.25) is 9.59 Å². The maximum atomic E-state index is 12.0. The van der Waals surface area contributed by atoms with Gasteiger partial charge in [-0.15, -0.1) is 0 Å². The fourth-order valence-electron chi connectivity index (χ4n) is 8.98. The Labute approximate surface area is 192 Å². The van der Waals surface area contributed by atoms with E-state index in [2.05, 4.69) is 26.1 Å². The third kappa shape index (κ3) is 4.00. The summed E-state index contributed by atoms with van der Waals surface area (Å²) in [6.45, 7) is 6.65. The van der Waals surface area contributed by atoms with Crippen LogP contribution in [-0.4, -0.2) is 45.9 Å². The first-order valence-electron chi connectivity index (χ1n) is 12.9. The van der Waals surface area contributed by atoms with E-state index >= 15 is 0 Å². The number of carbonyl (C=O) groups excluding carboxylic acids is 1. The van der Waals surface area contributed by atoms with Crippen molar-refractivity contribution in [1.29, 1.82) is 0 Å². The molecule has 0 aliphatic heterocycles. The lowest BCUT2D eigenvalue weighted by Gasteiger charge is -2.62. The second-order valence-electron chi connectivity index (χ2n) is 12.1. The maximum absolute atomic E-state index is 12.0. The lowest BCUT2D eigenvalue weighted by molar-refractivity contribution is -0.175. The Morgan fingerprint density at radius 1 is 1.03 bits per heavy atom. The third-order valence-electron chi connectivity index (χ3n) is 10.8. The minimum Gasteiger partial charge on any atom is -0.480 e. The Balaban J connectivity index is 1.45. The van der Waals surface area contributed by atoms with Crippen molar-refractivity contribution in [3.05, 3.63) is 0 Å². The average molecular weight is 450 g/mol. The molecule has 0 aromatic rings. The van der Waals surface area contributed by atoms with Crippen molar-refractivity contribution in [1.82, 2.24) is 5.32 Å². The molecule has 0 saturated heterocycles. The number of aliphatic carboxylic acids is 1. The van der Waals surface area contributed by atoms with E-state index in [9.17, 15) is 19.8 Å². The highest BCUT2D eigenvalue weighted by molar-refractivity contribution is 5.81. The molecule has 4 rings (SSSR count). The molecular weight excluding hydrogens is 406 g/mol. The summed E-state index contributed by atoms with van der Waals surface area (Å²) in [4.78, 5) is 22.7. The molecule has 0 spiro atoms. The number of carbonyl (C=O) groups is 2. The molecule has 0 unspecified atom stereocenters. The third-order valence-corrected chi connectivity index (χ3v) is 10.8. The van der Waals surface area contributed by atoms with Gasteiger partial charge in [-0.1, -0.05) is 20.8 Å². The molecule has 182 valence electrons. The summed E-state index contributed by atoms with van der Waals surface area (Å²) in [5, 5.41) is 33.0. The predicted octanol–water partition coefficient (Wildman–Crippen LogP) is 3.59. The molecule has 0 aromatic heterocycles. The zero-order chi connectivity index (χ0) is 23.3. The van der Waals surface area contributed by atoms with Crippen LogP contribution in [0.15, 0.2) is 0 Å². The Morgan fingerprint density at radius 3 is 2.50 bits per heavy atom. The molecular formula is C26H43NO5. The Kier molecular flexibility index (Phi) is 6.68. The van der Waals surface area contributed by atoms with E-state index in [-0.39, 0.29) is 35.5 Å². The van der Waals surface area contributed by atoms with Crippen LogP contribution < -0.4 is 5.32 Å². The van der Waals surface area contributed by atoms with Crippen molar-refractivity contribution in [3.8, 4) is 0 Å². The van der Waals surface area contributed by atoms with Gasteiger partial charge in [-0.2, -0.15) is 0 Å². The molecule has 6 nitrogen and oxygen atoms in total. The smallest absolute Gasteiger partial charge is 0.322 e. The second kappa shape index (κ2) is 8.90. The number of carboxylic acids is 1. The average Bonchev–Trinajstić information content (AvgIpc) is 3.10. The van der Waals surface area contributed by atoms with Crippen molar-refractivity contribution in [2.75, 3.05) is 6.54 Å². The summed E-state index contributed by atoms with van der Waals surface area (Å²) in [7, 11) is 0. The fourth-order valence-corrected chi connectivity index (χ4v) is 8.98. The lowest BCUT2D eigenvalue weighted by Crippen LogP contribution is -2.58. The normalized spacial score (nSPS) is 46.5. The molecule has 4 saturated carbocycles. The maximum Gasteiger partial charge on any atom is 0.322 e. The van der Waals surface area contributed by atoms with Crippen molar-refractivity contribution in [3.63, 3.8) is 0 Å². The van der Waals surface area contributed by atoms with Crippen LogP contribution in [0.5, 0.6) is 0 Å². The molecule has 0 heterocycles. The number of fused-ring (bicyclic) bond motifs is 5. The molecule has 6 heteroatoms. The standard InChI is InChI=1S/C26H43NO5/c1-15(4-9-23(30)27-14-24(31)32)19-7-8-20-18-6-5-16-12-17(28)10-11-25(16,2)21(18)13-22(29)26(19,20)3/h15-22,28-29H,4-14H2,1-3H3,(H,27,30)(H,31,32)/t15-,16-,17-,18-,19+,20-,21-,22-,25+,26-/m1/s1. The van der Waals surface area contributed by atoms with E-state index in [1.165, 1.54) is 12.8 Å². The first-order chi connectivity index (χ1) is 15.1. The number of carboxylic acid groups (broad SMARTS) is 1. The van der Waals surface area contributed by atoms with Crippen molar-refractivity contribution in [2.45, 2.75) is 97.2 Å². The Hall–Kier alpha value is -1.14. The van der Waals surface area contributed by atoms with E-state index in [1.54, 1.807) is 0 Å². The van der Waals surface area contributed by atoms with Crippen molar-refractivity contribution >= 4 is 11.9 Å². The van der Waals surface area contributed by atoms with Gasteiger partial charge in [0.15, 0.2) is 0 Å².